The van der Waals surface area contributed by atoms with Crippen LogP contribution in [0.1, 0.15) is 67.8 Å². The molecule has 10 nitrogen and oxygen atoms in total. The molecule has 0 saturated heterocycles. The van der Waals surface area contributed by atoms with Gasteiger partial charge in [-0.15, -0.1) is 22.7 Å². The number of carboxylic acids is 2. The maximum Gasteiger partial charge on any atom is 0.337 e. The van der Waals surface area contributed by atoms with E-state index in [1.807, 2.05) is 0 Å². The molecule has 36 heavy (non-hydrogen) atoms. The largest absolute Gasteiger partial charge is 0.478 e. The van der Waals surface area contributed by atoms with Gasteiger partial charge in [0.25, 0.3) is 11.1 Å². The zero-order chi connectivity index (χ0) is 25.7. The molecule has 0 radical (unpaired) electrons. The first-order chi connectivity index (χ1) is 17.2. The minimum absolute atomic E-state index is 0.119. The fraction of sp³-hybridized carbons (Fsp3) is 0.417. The Morgan fingerprint density at radius 1 is 0.722 bits per heavy atom. The predicted molar refractivity (Wildman–Crippen MR) is 137 cm³/mol. The van der Waals surface area contributed by atoms with Crippen molar-refractivity contribution >= 4 is 55.0 Å². The quantitative estimate of drug-likeness (QED) is 0.402. The summed E-state index contributed by atoms with van der Waals surface area (Å²) in [4.78, 5) is 58.6. The van der Waals surface area contributed by atoms with Gasteiger partial charge >= 0.3 is 11.9 Å². The summed E-state index contributed by atoms with van der Waals surface area (Å²) in [6, 6.07) is 0. The van der Waals surface area contributed by atoms with Crippen LogP contribution in [0.4, 0.5) is 0 Å². The second-order valence-electron chi connectivity index (χ2n) is 8.92. The number of nitrogens with zero attached hydrogens (tertiary/aromatic N) is 4. The summed E-state index contributed by atoms with van der Waals surface area (Å²) in [6.07, 6.45) is 5.56. The molecule has 0 unspecified atom stereocenters. The smallest absolute Gasteiger partial charge is 0.337 e. The second-order valence-corrected chi connectivity index (χ2v) is 11.3. The molecule has 12 heteroatoms. The number of carboxylic acid groups (broad SMARTS) is 2. The molecule has 188 valence electrons. The van der Waals surface area contributed by atoms with Crippen LogP contribution in [0.3, 0.4) is 0 Å². The molecule has 0 aliphatic carbocycles. The Morgan fingerprint density at radius 3 is 1.47 bits per heavy atom. The molecule has 2 aliphatic rings. The molecule has 0 fully saturated rings. The van der Waals surface area contributed by atoms with Crippen LogP contribution in [0.5, 0.6) is 0 Å². The molecule has 0 amide bonds. The molecule has 4 aromatic heterocycles. The summed E-state index contributed by atoms with van der Waals surface area (Å²) in [5, 5.41) is 19.0. The van der Waals surface area contributed by atoms with Gasteiger partial charge in [0.05, 0.1) is 21.9 Å². The fourth-order valence-corrected chi connectivity index (χ4v) is 6.99. The Labute approximate surface area is 212 Å². The second kappa shape index (κ2) is 9.25. The molecule has 2 N–H and O–H groups in total. The highest BCUT2D eigenvalue weighted by Crippen LogP contribution is 2.29. The van der Waals surface area contributed by atoms with Crippen molar-refractivity contribution in [3.63, 3.8) is 0 Å². The van der Waals surface area contributed by atoms with Crippen molar-refractivity contribution in [1.82, 2.24) is 19.1 Å². The van der Waals surface area contributed by atoms with Crippen molar-refractivity contribution in [1.29, 1.82) is 0 Å². The van der Waals surface area contributed by atoms with Gasteiger partial charge in [-0.1, -0.05) is 0 Å². The highest BCUT2D eigenvalue weighted by Gasteiger charge is 2.24. The van der Waals surface area contributed by atoms with E-state index in [4.69, 9.17) is 0 Å². The third-order valence-corrected chi connectivity index (χ3v) is 8.62. The van der Waals surface area contributed by atoms with Crippen LogP contribution >= 0.6 is 22.7 Å². The third kappa shape index (κ3) is 3.94. The number of aromatic carboxylic acids is 2. The molecule has 0 aromatic carbocycles. The van der Waals surface area contributed by atoms with E-state index >= 15 is 0 Å². The van der Waals surface area contributed by atoms with Crippen molar-refractivity contribution in [2.24, 2.45) is 0 Å². The van der Waals surface area contributed by atoms with Crippen molar-refractivity contribution < 1.29 is 19.8 Å². The number of hydrogen-bond donors (Lipinski definition) is 2. The third-order valence-electron chi connectivity index (χ3n) is 6.63. The van der Waals surface area contributed by atoms with E-state index in [1.54, 1.807) is 23.0 Å². The van der Waals surface area contributed by atoms with Crippen LogP contribution in [0, 0.1) is 13.8 Å². The molecular weight excluding hydrogens is 504 g/mol. The van der Waals surface area contributed by atoms with Crippen molar-refractivity contribution in [2.45, 2.75) is 65.5 Å². The van der Waals surface area contributed by atoms with Gasteiger partial charge in [-0.2, -0.15) is 0 Å². The molecule has 0 spiro atoms. The van der Waals surface area contributed by atoms with Crippen LogP contribution in [-0.2, 0) is 25.9 Å². The average Bonchev–Trinajstić information content (AvgIpc) is 3.35. The number of thiophene rings is 2. The summed E-state index contributed by atoms with van der Waals surface area (Å²) >= 11 is 2.58. The number of aromatic nitrogens is 4. The predicted octanol–water partition coefficient (Wildman–Crippen LogP) is 3.60. The van der Waals surface area contributed by atoms with Gasteiger partial charge in [-0.3, -0.25) is 18.7 Å². The lowest BCUT2D eigenvalue weighted by molar-refractivity contribution is 0.0687. The Hall–Kier alpha value is -3.38. The van der Waals surface area contributed by atoms with Gasteiger partial charge in [-0.25, -0.2) is 19.6 Å². The Balaban J connectivity index is 0.000000148. The van der Waals surface area contributed by atoms with Gasteiger partial charge in [0.15, 0.2) is 0 Å². The minimum Gasteiger partial charge on any atom is -0.478 e. The summed E-state index contributed by atoms with van der Waals surface area (Å²) < 4.78 is 3.26. The molecule has 2 aliphatic heterocycles. The maximum atomic E-state index is 12.4. The van der Waals surface area contributed by atoms with E-state index < -0.39 is 11.9 Å². The van der Waals surface area contributed by atoms with Gasteiger partial charge in [0.2, 0.25) is 0 Å². The monoisotopic (exact) mass is 528 g/mol. The summed E-state index contributed by atoms with van der Waals surface area (Å²) in [5.41, 5.74) is -0.158. The Morgan fingerprint density at radius 2 is 1.11 bits per heavy atom. The first kappa shape index (κ1) is 24.3. The topological polar surface area (TPSA) is 144 Å². The Kier molecular flexibility index (Phi) is 6.25. The highest BCUT2D eigenvalue weighted by molar-refractivity contribution is 7.19. The molecule has 6 rings (SSSR count). The van der Waals surface area contributed by atoms with E-state index in [1.165, 1.54) is 22.7 Å². The van der Waals surface area contributed by atoms with Gasteiger partial charge in [0, 0.05) is 35.7 Å². The maximum absolute atomic E-state index is 12.4. The summed E-state index contributed by atoms with van der Waals surface area (Å²) in [7, 11) is 0. The van der Waals surface area contributed by atoms with Crippen LogP contribution in [-0.4, -0.2) is 41.3 Å². The van der Waals surface area contributed by atoms with E-state index in [2.05, 4.69) is 9.97 Å². The van der Waals surface area contributed by atoms with Crippen LogP contribution in [0.15, 0.2) is 9.59 Å². The number of fused-ring (bicyclic) bond motifs is 4. The first-order valence-electron chi connectivity index (χ1n) is 11.7. The molecule has 6 heterocycles. The van der Waals surface area contributed by atoms with Crippen molar-refractivity contribution in [3.05, 3.63) is 53.2 Å². The van der Waals surface area contributed by atoms with E-state index in [0.717, 1.165) is 50.2 Å². The summed E-state index contributed by atoms with van der Waals surface area (Å²) in [6.45, 7) is 4.73. The SMILES string of the molecule is Cc1sc2nc3n(c(=O)c2c1C(=O)O)CCCC3.Cc1sc2nc3n(c(=O)c2c1C(=O)O)CCCC3. The van der Waals surface area contributed by atoms with Crippen LogP contribution in [0.2, 0.25) is 0 Å². The lowest BCUT2D eigenvalue weighted by Crippen LogP contribution is -2.28. The standard InChI is InChI=1S/2C12H12N2O3S/c2*1-6-8(12(16)17)9-10(18-6)13-7-4-2-3-5-14(7)11(9)15/h2*2-5H2,1H3,(H,16,17). The highest BCUT2D eigenvalue weighted by atomic mass is 32.1. The van der Waals surface area contributed by atoms with Gasteiger partial charge < -0.3 is 10.2 Å². The lowest BCUT2D eigenvalue weighted by atomic mass is 10.1. The minimum atomic E-state index is -1.05. The zero-order valence-corrected chi connectivity index (χ0v) is 21.4. The van der Waals surface area contributed by atoms with Crippen LogP contribution < -0.4 is 11.1 Å². The van der Waals surface area contributed by atoms with Crippen LogP contribution in [0.25, 0.3) is 20.4 Å². The lowest BCUT2D eigenvalue weighted by Gasteiger charge is -2.16. The molecule has 0 bridgehead atoms. The Bertz CT molecular complexity index is 1550. The number of hydrogen-bond acceptors (Lipinski definition) is 8. The van der Waals surface area contributed by atoms with Gasteiger partial charge in [-0.05, 0) is 39.5 Å². The molecule has 4 aromatic rings. The average molecular weight is 529 g/mol. The zero-order valence-electron chi connectivity index (χ0n) is 19.8. The van der Waals surface area contributed by atoms with E-state index in [0.29, 0.717) is 32.5 Å². The number of carbonyl (C=O) groups is 2. The van der Waals surface area contributed by atoms with Crippen molar-refractivity contribution in [2.75, 3.05) is 0 Å². The molecular formula is C24H24N4O6S2. The fourth-order valence-electron chi connectivity index (χ4n) is 4.94. The molecule has 0 saturated carbocycles. The summed E-state index contributed by atoms with van der Waals surface area (Å²) in [5.74, 6) is -0.517. The van der Waals surface area contributed by atoms with E-state index in [9.17, 15) is 29.4 Å². The normalized spacial score (nSPS) is 14.7. The van der Waals surface area contributed by atoms with E-state index in [-0.39, 0.29) is 33.0 Å². The number of rotatable bonds is 2. The first-order valence-corrected chi connectivity index (χ1v) is 13.3. The molecule has 0 atom stereocenters. The van der Waals surface area contributed by atoms with Crippen molar-refractivity contribution in [3.8, 4) is 0 Å². The number of aryl methyl sites for hydroxylation is 4. The van der Waals surface area contributed by atoms with Gasteiger partial charge in [0.1, 0.15) is 21.3 Å².